The summed E-state index contributed by atoms with van der Waals surface area (Å²) in [5.41, 5.74) is 0.788. The number of hydrogen-bond acceptors (Lipinski definition) is 5. The zero-order valence-electron chi connectivity index (χ0n) is 15.4. The summed E-state index contributed by atoms with van der Waals surface area (Å²) in [6, 6.07) is 10.0. The van der Waals surface area contributed by atoms with Crippen LogP contribution in [0.3, 0.4) is 0 Å². The highest BCUT2D eigenvalue weighted by Crippen LogP contribution is 2.20. The fourth-order valence-corrected chi connectivity index (χ4v) is 5.11. The molecule has 0 aliphatic carbocycles. The van der Waals surface area contributed by atoms with Crippen molar-refractivity contribution in [2.75, 3.05) is 19.6 Å². The van der Waals surface area contributed by atoms with Crippen LogP contribution in [0.15, 0.2) is 46.7 Å². The summed E-state index contributed by atoms with van der Waals surface area (Å²) >= 11 is 1.31. The topological polar surface area (TPSA) is 95.6 Å². The average Bonchev–Trinajstić information content (AvgIpc) is 3.26. The zero-order chi connectivity index (χ0) is 20.0. The molecule has 0 unspecified atom stereocenters. The maximum absolute atomic E-state index is 12.6. The maximum Gasteiger partial charge on any atom is 0.261 e. The molecule has 1 aliphatic heterocycles. The summed E-state index contributed by atoms with van der Waals surface area (Å²) in [6.45, 7) is 1.28. The van der Waals surface area contributed by atoms with Gasteiger partial charge in [-0.1, -0.05) is 24.6 Å². The molecule has 1 fully saturated rings. The van der Waals surface area contributed by atoms with Gasteiger partial charge in [-0.3, -0.25) is 9.59 Å². The molecular formula is C19H23N3O4S2. The number of carbonyl (C=O) groups excluding carboxylic acids is 2. The number of thiophene rings is 1. The molecule has 28 heavy (non-hydrogen) atoms. The Morgan fingerprint density at radius 1 is 1.00 bits per heavy atom. The predicted molar refractivity (Wildman–Crippen MR) is 108 cm³/mol. The van der Waals surface area contributed by atoms with Crippen LogP contribution in [0.5, 0.6) is 0 Å². The molecule has 2 N–H and O–H groups in total. The molecule has 1 aromatic carbocycles. The Hall–Kier alpha value is -2.23. The normalized spacial score (nSPS) is 15.1. The highest BCUT2D eigenvalue weighted by Gasteiger charge is 2.25. The number of rotatable bonds is 7. The molecule has 0 bridgehead atoms. The van der Waals surface area contributed by atoms with Crippen molar-refractivity contribution in [2.24, 2.45) is 0 Å². The van der Waals surface area contributed by atoms with Gasteiger partial charge in [-0.2, -0.15) is 4.31 Å². The third-order valence-electron chi connectivity index (χ3n) is 4.52. The van der Waals surface area contributed by atoms with E-state index in [1.165, 1.54) is 15.6 Å². The second kappa shape index (κ2) is 9.31. The van der Waals surface area contributed by atoms with Crippen molar-refractivity contribution < 1.29 is 18.0 Å². The molecule has 0 atom stereocenters. The average molecular weight is 422 g/mol. The Labute approximate surface area is 168 Å². The van der Waals surface area contributed by atoms with Crippen molar-refractivity contribution in [3.05, 3.63) is 52.2 Å². The smallest absolute Gasteiger partial charge is 0.261 e. The standard InChI is InChI=1S/C19H23N3O4S2/c23-18(14-21-19(24)17-5-4-12-27-17)20-13-15-6-8-16(9-7-15)28(25,26)22-10-2-1-3-11-22/h4-9,12H,1-3,10-11,13-14H2,(H,20,23)(H,21,24). The Balaban J connectivity index is 1.48. The third kappa shape index (κ3) is 5.18. The molecule has 2 aromatic rings. The van der Waals surface area contributed by atoms with Crippen LogP contribution >= 0.6 is 11.3 Å². The van der Waals surface area contributed by atoms with Gasteiger partial charge in [-0.15, -0.1) is 11.3 Å². The lowest BCUT2D eigenvalue weighted by Crippen LogP contribution is -2.36. The Morgan fingerprint density at radius 2 is 1.71 bits per heavy atom. The van der Waals surface area contributed by atoms with Crippen molar-refractivity contribution in [1.29, 1.82) is 0 Å². The summed E-state index contributed by atoms with van der Waals surface area (Å²) in [6.07, 6.45) is 2.86. The van der Waals surface area contributed by atoms with Crippen LogP contribution < -0.4 is 10.6 Å². The van der Waals surface area contributed by atoms with Gasteiger partial charge in [0.05, 0.1) is 16.3 Å². The molecule has 2 heterocycles. The lowest BCUT2D eigenvalue weighted by atomic mass is 10.2. The second-order valence-corrected chi connectivity index (χ2v) is 9.43. The number of benzene rings is 1. The molecule has 0 saturated carbocycles. The first-order valence-corrected chi connectivity index (χ1v) is 11.5. The van der Waals surface area contributed by atoms with E-state index < -0.39 is 10.0 Å². The van der Waals surface area contributed by atoms with E-state index in [-0.39, 0.29) is 29.8 Å². The molecule has 1 aliphatic rings. The van der Waals surface area contributed by atoms with Gasteiger partial charge in [0, 0.05) is 19.6 Å². The molecule has 3 rings (SSSR count). The number of amides is 2. The Morgan fingerprint density at radius 3 is 2.36 bits per heavy atom. The van der Waals surface area contributed by atoms with Crippen LogP contribution in [0.2, 0.25) is 0 Å². The number of nitrogens with one attached hydrogen (secondary N) is 2. The quantitative estimate of drug-likeness (QED) is 0.714. The van der Waals surface area contributed by atoms with E-state index >= 15 is 0 Å². The maximum atomic E-state index is 12.6. The highest BCUT2D eigenvalue weighted by molar-refractivity contribution is 7.89. The highest BCUT2D eigenvalue weighted by atomic mass is 32.2. The van der Waals surface area contributed by atoms with E-state index in [9.17, 15) is 18.0 Å². The number of piperidine rings is 1. The lowest BCUT2D eigenvalue weighted by molar-refractivity contribution is -0.120. The van der Waals surface area contributed by atoms with Crippen molar-refractivity contribution in [3.63, 3.8) is 0 Å². The molecule has 1 saturated heterocycles. The van der Waals surface area contributed by atoms with E-state index in [0.29, 0.717) is 18.0 Å². The van der Waals surface area contributed by atoms with Gasteiger partial charge < -0.3 is 10.6 Å². The van der Waals surface area contributed by atoms with Crippen LogP contribution in [0.4, 0.5) is 0 Å². The molecule has 9 heteroatoms. The largest absolute Gasteiger partial charge is 0.350 e. The van der Waals surface area contributed by atoms with Crippen molar-refractivity contribution in [2.45, 2.75) is 30.7 Å². The SMILES string of the molecule is O=C(CNC(=O)c1cccs1)NCc1ccc(S(=O)(=O)N2CCCCC2)cc1. The van der Waals surface area contributed by atoms with Crippen LogP contribution in [-0.2, 0) is 21.4 Å². The molecule has 1 aromatic heterocycles. The predicted octanol–water partition coefficient (Wildman–Crippen LogP) is 1.97. The third-order valence-corrected chi connectivity index (χ3v) is 7.30. The Kier molecular flexibility index (Phi) is 6.82. The van der Waals surface area contributed by atoms with Gasteiger partial charge in [0.25, 0.3) is 5.91 Å². The number of nitrogens with zero attached hydrogens (tertiary/aromatic N) is 1. The van der Waals surface area contributed by atoms with E-state index in [2.05, 4.69) is 10.6 Å². The molecule has 7 nitrogen and oxygen atoms in total. The first kappa shape index (κ1) is 20.5. The number of hydrogen-bond donors (Lipinski definition) is 2. The zero-order valence-corrected chi connectivity index (χ0v) is 17.0. The molecule has 2 amide bonds. The van der Waals surface area contributed by atoms with Gasteiger partial charge in [0.15, 0.2) is 0 Å². The minimum atomic E-state index is -3.45. The first-order chi connectivity index (χ1) is 13.5. The van der Waals surface area contributed by atoms with E-state index in [1.54, 1.807) is 41.8 Å². The molecular weight excluding hydrogens is 398 g/mol. The monoisotopic (exact) mass is 421 g/mol. The summed E-state index contributed by atoms with van der Waals surface area (Å²) in [5.74, 6) is -0.590. The van der Waals surface area contributed by atoms with Gasteiger partial charge in [0.1, 0.15) is 0 Å². The summed E-state index contributed by atoms with van der Waals surface area (Å²) in [7, 11) is -3.45. The minimum absolute atomic E-state index is 0.113. The van der Waals surface area contributed by atoms with Gasteiger partial charge in [0.2, 0.25) is 15.9 Å². The van der Waals surface area contributed by atoms with Gasteiger partial charge in [-0.05, 0) is 42.0 Å². The molecule has 0 radical (unpaired) electrons. The van der Waals surface area contributed by atoms with Crippen LogP contribution in [0.25, 0.3) is 0 Å². The number of sulfonamides is 1. The molecule has 150 valence electrons. The van der Waals surface area contributed by atoms with E-state index in [1.807, 2.05) is 0 Å². The molecule has 0 spiro atoms. The fraction of sp³-hybridized carbons (Fsp3) is 0.368. The second-order valence-electron chi connectivity index (χ2n) is 6.55. The van der Waals surface area contributed by atoms with E-state index in [0.717, 1.165) is 24.8 Å². The summed E-state index contributed by atoms with van der Waals surface area (Å²) in [4.78, 5) is 24.5. The lowest BCUT2D eigenvalue weighted by Gasteiger charge is -2.25. The van der Waals surface area contributed by atoms with Crippen LogP contribution in [0, 0.1) is 0 Å². The minimum Gasteiger partial charge on any atom is -0.350 e. The summed E-state index contributed by atoms with van der Waals surface area (Å²) < 4.78 is 26.8. The fourth-order valence-electron chi connectivity index (χ4n) is 2.95. The number of carbonyl (C=O) groups is 2. The Bertz CT molecular complexity index is 903. The van der Waals surface area contributed by atoms with Crippen molar-refractivity contribution >= 4 is 33.2 Å². The summed E-state index contributed by atoms with van der Waals surface area (Å²) in [5, 5.41) is 7.07. The van der Waals surface area contributed by atoms with Crippen LogP contribution in [-0.4, -0.2) is 44.2 Å². The van der Waals surface area contributed by atoms with E-state index in [4.69, 9.17) is 0 Å². The van der Waals surface area contributed by atoms with Gasteiger partial charge >= 0.3 is 0 Å². The van der Waals surface area contributed by atoms with Crippen molar-refractivity contribution in [3.8, 4) is 0 Å². The van der Waals surface area contributed by atoms with Gasteiger partial charge in [-0.25, -0.2) is 8.42 Å². The first-order valence-electron chi connectivity index (χ1n) is 9.14. The van der Waals surface area contributed by atoms with Crippen molar-refractivity contribution in [1.82, 2.24) is 14.9 Å². The van der Waals surface area contributed by atoms with Crippen LogP contribution in [0.1, 0.15) is 34.5 Å².